The van der Waals surface area contributed by atoms with Crippen molar-refractivity contribution in [2.45, 2.75) is 25.8 Å². The molecule has 0 radical (unpaired) electrons. The van der Waals surface area contributed by atoms with E-state index in [9.17, 15) is 9.59 Å². The molecule has 0 spiro atoms. The average Bonchev–Trinajstić information content (AvgIpc) is 3.54. The zero-order valence-electron chi connectivity index (χ0n) is 18.1. The zero-order valence-corrected chi connectivity index (χ0v) is 18.1. The summed E-state index contributed by atoms with van der Waals surface area (Å²) in [5, 5.41) is 1.02. The lowest BCUT2D eigenvalue weighted by molar-refractivity contribution is -0.107. The van der Waals surface area contributed by atoms with Crippen LogP contribution in [-0.2, 0) is 4.79 Å². The molecule has 1 fully saturated rings. The van der Waals surface area contributed by atoms with Crippen molar-refractivity contribution >= 4 is 34.7 Å². The van der Waals surface area contributed by atoms with Gasteiger partial charge in [-0.1, -0.05) is 13.0 Å². The van der Waals surface area contributed by atoms with Crippen LogP contribution in [0.3, 0.4) is 0 Å². The molecule has 0 aromatic carbocycles. The largest absolute Gasteiger partial charge is 0.481 e. The molecule has 32 heavy (non-hydrogen) atoms. The molecule has 2 amide bonds. The second kappa shape index (κ2) is 8.11. The summed E-state index contributed by atoms with van der Waals surface area (Å²) >= 11 is 0. The second-order valence-corrected chi connectivity index (χ2v) is 8.37. The molecule has 3 aromatic rings. The summed E-state index contributed by atoms with van der Waals surface area (Å²) in [6.45, 7) is 3.23. The Morgan fingerprint density at radius 3 is 2.81 bits per heavy atom. The van der Waals surface area contributed by atoms with Crippen molar-refractivity contribution in [3.63, 3.8) is 0 Å². The second-order valence-electron chi connectivity index (χ2n) is 8.37. The van der Waals surface area contributed by atoms with Crippen molar-refractivity contribution < 1.29 is 14.3 Å². The first-order valence-corrected chi connectivity index (χ1v) is 10.8. The van der Waals surface area contributed by atoms with Crippen molar-refractivity contribution in [1.29, 1.82) is 0 Å². The molecular formula is C24H25N5O3. The topological polar surface area (TPSA) is 91.4 Å². The van der Waals surface area contributed by atoms with Gasteiger partial charge in [-0.05, 0) is 48.1 Å². The summed E-state index contributed by atoms with van der Waals surface area (Å²) in [5.74, 6) is 1.22. The molecule has 4 heterocycles. The number of nitrogens with one attached hydrogen (secondary N) is 1. The highest BCUT2D eigenvalue weighted by molar-refractivity contribution is 5.96. The summed E-state index contributed by atoms with van der Waals surface area (Å²) < 4.78 is 5.08. The minimum absolute atomic E-state index is 0.0506. The van der Waals surface area contributed by atoms with Gasteiger partial charge in [0, 0.05) is 43.0 Å². The van der Waals surface area contributed by atoms with Gasteiger partial charge in [-0.3, -0.25) is 14.5 Å². The van der Waals surface area contributed by atoms with Crippen LogP contribution in [0.5, 0.6) is 5.88 Å². The van der Waals surface area contributed by atoms with E-state index in [0.29, 0.717) is 30.4 Å². The quantitative estimate of drug-likeness (QED) is 0.605. The lowest BCUT2D eigenvalue weighted by atomic mass is 9.89. The van der Waals surface area contributed by atoms with Crippen LogP contribution in [0.25, 0.3) is 16.6 Å². The fourth-order valence-electron chi connectivity index (χ4n) is 4.34. The van der Waals surface area contributed by atoms with Gasteiger partial charge in [0.1, 0.15) is 11.5 Å². The maximum atomic E-state index is 13.0. The van der Waals surface area contributed by atoms with Gasteiger partial charge in [0.25, 0.3) is 5.91 Å². The Balaban J connectivity index is 1.45. The van der Waals surface area contributed by atoms with E-state index >= 15 is 0 Å². The third kappa shape index (κ3) is 3.62. The molecule has 8 heteroatoms. The Morgan fingerprint density at radius 2 is 2.16 bits per heavy atom. The fourth-order valence-corrected chi connectivity index (χ4v) is 4.34. The molecule has 2 aliphatic rings. The first-order valence-electron chi connectivity index (χ1n) is 10.8. The molecule has 1 atom stereocenters. The number of rotatable bonds is 6. The van der Waals surface area contributed by atoms with Gasteiger partial charge in [-0.25, -0.2) is 9.97 Å². The highest BCUT2D eigenvalue weighted by Crippen LogP contribution is 2.37. The number of aromatic nitrogens is 3. The minimum atomic E-state index is -0.0506. The van der Waals surface area contributed by atoms with Crippen LogP contribution >= 0.6 is 0 Å². The van der Waals surface area contributed by atoms with Gasteiger partial charge in [0.2, 0.25) is 12.3 Å². The number of anilines is 1. The van der Waals surface area contributed by atoms with E-state index in [2.05, 4.69) is 28.0 Å². The number of aromatic amines is 1. The van der Waals surface area contributed by atoms with Gasteiger partial charge in [-0.15, -0.1) is 0 Å². The Hall–Kier alpha value is -3.68. The van der Waals surface area contributed by atoms with Crippen molar-refractivity contribution in [3.8, 4) is 5.88 Å². The molecule has 0 saturated heterocycles. The summed E-state index contributed by atoms with van der Waals surface area (Å²) in [6.07, 6.45) is 8.42. The Kier molecular flexibility index (Phi) is 5.13. The van der Waals surface area contributed by atoms with Crippen LogP contribution < -0.4 is 9.64 Å². The molecule has 1 unspecified atom stereocenters. The summed E-state index contributed by atoms with van der Waals surface area (Å²) in [4.78, 5) is 40.3. The van der Waals surface area contributed by atoms with Crippen LogP contribution in [0.15, 0.2) is 42.7 Å². The van der Waals surface area contributed by atoms with Crippen molar-refractivity contribution in [2.75, 3.05) is 25.1 Å². The lowest BCUT2D eigenvalue weighted by Gasteiger charge is -2.32. The molecule has 1 saturated carbocycles. The molecular weight excluding hydrogens is 406 g/mol. The van der Waals surface area contributed by atoms with Crippen molar-refractivity contribution in [3.05, 3.63) is 53.9 Å². The van der Waals surface area contributed by atoms with Gasteiger partial charge in [-0.2, -0.15) is 0 Å². The SMILES string of the molecule is COc1ccc(C(=O)N2CC=C(c3cc(N(C=O)C4CC4)nc4[nH]ccc34)C(C)C2)cn1. The maximum absolute atomic E-state index is 13.0. The van der Waals surface area contributed by atoms with Crippen LogP contribution in [-0.4, -0.2) is 58.4 Å². The van der Waals surface area contributed by atoms with Gasteiger partial charge < -0.3 is 14.6 Å². The summed E-state index contributed by atoms with van der Waals surface area (Å²) in [6, 6.07) is 7.70. The number of methoxy groups -OCH3 is 1. The van der Waals surface area contributed by atoms with Gasteiger partial charge >= 0.3 is 0 Å². The van der Waals surface area contributed by atoms with E-state index in [1.54, 1.807) is 30.3 Å². The number of carbonyl (C=O) groups is 2. The molecule has 1 N–H and O–H groups in total. The summed E-state index contributed by atoms with van der Waals surface area (Å²) in [5.41, 5.74) is 3.53. The number of amides is 2. The number of hydrogen-bond donors (Lipinski definition) is 1. The predicted molar refractivity (Wildman–Crippen MR) is 121 cm³/mol. The number of fused-ring (bicyclic) bond motifs is 1. The van der Waals surface area contributed by atoms with E-state index in [0.717, 1.165) is 41.4 Å². The normalized spacial score (nSPS) is 18.4. The van der Waals surface area contributed by atoms with Crippen LogP contribution in [0, 0.1) is 5.92 Å². The molecule has 8 nitrogen and oxygen atoms in total. The molecule has 1 aliphatic heterocycles. The smallest absolute Gasteiger partial charge is 0.255 e. The van der Waals surface area contributed by atoms with E-state index in [-0.39, 0.29) is 17.9 Å². The number of ether oxygens (including phenoxy) is 1. The number of hydrogen-bond acceptors (Lipinski definition) is 5. The number of H-pyrrole nitrogens is 1. The first kappa shape index (κ1) is 20.2. The minimum Gasteiger partial charge on any atom is -0.481 e. The van der Waals surface area contributed by atoms with E-state index in [1.165, 1.54) is 0 Å². The third-order valence-corrected chi connectivity index (χ3v) is 6.18. The van der Waals surface area contributed by atoms with E-state index in [4.69, 9.17) is 4.74 Å². The molecule has 0 bridgehead atoms. The molecule has 164 valence electrons. The highest BCUT2D eigenvalue weighted by atomic mass is 16.5. The van der Waals surface area contributed by atoms with E-state index < -0.39 is 0 Å². The van der Waals surface area contributed by atoms with Crippen LogP contribution in [0.2, 0.25) is 0 Å². The first-order chi connectivity index (χ1) is 15.6. The Labute approximate surface area is 185 Å². The lowest BCUT2D eigenvalue weighted by Crippen LogP contribution is -2.38. The van der Waals surface area contributed by atoms with Crippen LogP contribution in [0.4, 0.5) is 5.82 Å². The standard InChI is InChI=1S/C24H25N5O3/c1-15-13-28(24(31)16-3-6-22(32-2)26-12-16)10-8-18(15)20-11-21(29(14-30)17-4-5-17)27-23-19(20)7-9-25-23/h3,6-9,11-12,14-15,17H,4-5,10,13H2,1-2H3,(H,25,27). The van der Waals surface area contributed by atoms with Gasteiger partial charge in [0.05, 0.1) is 12.7 Å². The number of pyridine rings is 2. The Morgan fingerprint density at radius 1 is 1.31 bits per heavy atom. The zero-order chi connectivity index (χ0) is 22.2. The Bertz CT molecular complexity index is 1200. The van der Waals surface area contributed by atoms with Crippen molar-refractivity contribution in [1.82, 2.24) is 19.9 Å². The van der Waals surface area contributed by atoms with Gasteiger partial charge in [0.15, 0.2) is 0 Å². The molecule has 5 rings (SSSR count). The van der Waals surface area contributed by atoms with Crippen molar-refractivity contribution in [2.24, 2.45) is 5.92 Å². The predicted octanol–water partition coefficient (Wildman–Crippen LogP) is 3.27. The molecule has 1 aliphatic carbocycles. The molecule has 3 aromatic heterocycles. The monoisotopic (exact) mass is 431 g/mol. The number of nitrogens with zero attached hydrogens (tertiary/aromatic N) is 4. The average molecular weight is 431 g/mol. The summed E-state index contributed by atoms with van der Waals surface area (Å²) in [7, 11) is 1.55. The highest BCUT2D eigenvalue weighted by Gasteiger charge is 2.31. The third-order valence-electron chi connectivity index (χ3n) is 6.18. The van der Waals surface area contributed by atoms with Crippen LogP contribution in [0.1, 0.15) is 35.7 Å². The maximum Gasteiger partial charge on any atom is 0.255 e. The number of carbonyl (C=O) groups excluding carboxylic acids is 2. The fraction of sp³-hybridized carbons (Fsp3) is 0.333. The van der Waals surface area contributed by atoms with E-state index in [1.807, 2.05) is 23.2 Å².